The number of fused-ring (bicyclic) bond motifs is 16. The Hall–Kier alpha value is -6.57. The highest BCUT2D eigenvalue weighted by atomic mass is 14.8. The summed E-state index contributed by atoms with van der Waals surface area (Å²) >= 11 is 0. The third-order valence-electron chi connectivity index (χ3n) is 12.8. The molecule has 1 nitrogen and oxygen atoms in total. The topological polar surface area (TPSA) is 12.4 Å². The lowest BCUT2D eigenvalue weighted by Crippen LogP contribution is -2.25. The van der Waals surface area contributed by atoms with Crippen molar-refractivity contribution < 1.29 is 0 Å². The molecule has 0 amide bonds. The zero-order valence-corrected chi connectivity index (χ0v) is 31.8. The van der Waals surface area contributed by atoms with Gasteiger partial charge in [-0.2, -0.15) is 0 Å². The maximum Gasteiger partial charge on any atom is 0.0725 e. The molecule has 0 fully saturated rings. The number of nitrogens with zero attached hydrogens (tertiary/aromatic N) is 1. The molecule has 0 aromatic heterocycles. The van der Waals surface area contributed by atoms with E-state index in [1.807, 2.05) is 0 Å². The highest BCUT2D eigenvalue weighted by Gasteiger charge is 2.51. The van der Waals surface area contributed by atoms with Gasteiger partial charge in [-0.05, 0) is 113 Å². The summed E-state index contributed by atoms with van der Waals surface area (Å²) in [6.45, 7) is 9.21. The van der Waals surface area contributed by atoms with Crippen LogP contribution < -0.4 is 0 Å². The molecule has 11 rings (SSSR count). The fraction of sp³-hybridized carbons (Fsp3) is 0.109. The molecule has 7 aromatic carbocycles. The molecule has 1 heteroatoms. The van der Waals surface area contributed by atoms with Crippen molar-refractivity contribution in [2.24, 2.45) is 16.8 Å². The maximum atomic E-state index is 5.30. The molecule has 0 N–H and O–H groups in total. The van der Waals surface area contributed by atoms with Crippen LogP contribution in [-0.4, -0.2) is 5.71 Å². The minimum Gasteiger partial charge on any atom is -0.248 e. The molecular weight excluding hydrogens is 675 g/mol. The van der Waals surface area contributed by atoms with Gasteiger partial charge in [0.1, 0.15) is 0 Å². The Morgan fingerprint density at radius 3 is 1.79 bits per heavy atom. The van der Waals surface area contributed by atoms with Crippen LogP contribution in [0, 0.1) is 11.8 Å². The molecule has 266 valence electrons. The summed E-state index contributed by atoms with van der Waals surface area (Å²) in [4.78, 5) is 5.30. The van der Waals surface area contributed by atoms with Crippen molar-refractivity contribution in [3.8, 4) is 22.3 Å². The molecule has 0 heterocycles. The first-order valence-electron chi connectivity index (χ1n) is 20.0. The van der Waals surface area contributed by atoms with Crippen molar-refractivity contribution in [1.82, 2.24) is 0 Å². The van der Waals surface area contributed by atoms with E-state index in [0.29, 0.717) is 11.8 Å². The molecule has 56 heavy (non-hydrogen) atoms. The monoisotopic (exact) mass is 715 g/mol. The lowest BCUT2D eigenvalue weighted by Gasteiger charge is -2.31. The van der Waals surface area contributed by atoms with E-state index in [-0.39, 0.29) is 0 Å². The van der Waals surface area contributed by atoms with Crippen molar-refractivity contribution >= 4 is 43.7 Å². The third kappa shape index (κ3) is 4.58. The molecule has 2 unspecified atom stereocenters. The van der Waals surface area contributed by atoms with E-state index in [1.54, 1.807) is 0 Å². The van der Waals surface area contributed by atoms with E-state index >= 15 is 0 Å². The van der Waals surface area contributed by atoms with Crippen molar-refractivity contribution in [3.63, 3.8) is 0 Å². The molecule has 0 bridgehead atoms. The van der Waals surface area contributed by atoms with Crippen LogP contribution >= 0.6 is 0 Å². The van der Waals surface area contributed by atoms with Crippen LogP contribution in [0.15, 0.2) is 199 Å². The van der Waals surface area contributed by atoms with E-state index in [9.17, 15) is 0 Å². The average Bonchev–Trinajstić information content (AvgIpc) is 3.70. The van der Waals surface area contributed by atoms with Crippen molar-refractivity contribution in [2.75, 3.05) is 0 Å². The van der Waals surface area contributed by atoms with Crippen LogP contribution in [0.4, 0.5) is 0 Å². The summed E-state index contributed by atoms with van der Waals surface area (Å²) in [6.07, 6.45) is 18.6. The Balaban J connectivity index is 1.12. The molecular formula is C55H41N. The fourth-order valence-corrected chi connectivity index (χ4v) is 10.5. The van der Waals surface area contributed by atoms with E-state index < -0.39 is 5.41 Å². The minimum atomic E-state index is -0.453. The smallest absolute Gasteiger partial charge is 0.0725 e. The summed E-state index contributed by atoms with van der Waals surface area (Å²) in [5.41, 5.74) is 15.5. The first kappa shape index (κ1) is 32.8. The van der Waals surface area contributed by atoms with Gasteiger partial charge in [0.05, 0.1) is 16.8 Å². The average molecular weight is 716 g/mol. The van der Waals surface area contributed by atoms with E-state index in [1.165, 1.54) is 88.0 Å². The molecule has 0 saturated carbocycles. The van der Waals surface area contributed by atoms with Gasteiger partial charge in [0.15, 0.2) is 0 Å². The summed E-state index contributed by atoms with van der Waals surface area (Å²) < 4.78 is 0. The van der Waals surface area contributed by atoms with Gasteiger partial charge in [0.2, 0.25) is 0 Å². The first-order valence-corrected chi connectivity index (χ1v) is 20.0. The normalized spacial score (nSPS) is 20.3. The largest absolute Gasteiger partial charge is 0.248 e. The Morgan fingerprint density at radius 2 is 1.14 bits per heavy atom. The molecule has 1 spiro atoms. The van der Waals surface area contributed by atoms with Gasteiger partial charge in [0, 0.05) is 17.1 Å². The number of hydrogen-bond acceptors (Lipinski definition) is 1. The number of allylic oxidation sites excluding steroid dienone is 10. The van der Waals surface area contributed by atoms with Gasteiger partial charge in [0.25, 0.3) is 0 Å². The predicted molar refractivity (Wildman–Crippen MR) is 238 cm³/mol. The van der Waals surface area contributed by atoms with Gasteiger partial charge < -0.3 is 0 Å². The van der Waals surface area contributed by atoms with Crippen molar-refractivity contribution in [2.45, 2.75) is 25.7 Å². The van der Waals surface area contributed by atoms with Crippen LogP contribution in [0.3, 0.4) is 0 Å². The second kappa shape index (κ2) is 12.5. The standard InChI is InChI=1S/C55H41N/c1-34(2)54(36-17-5-4-6-18-36)44-25-13-16-28-53(44)56-35(3)37-29-30-51-47(31-37)42-23-11-14-26-49(42)55(51)50-27-15-12-24-43(50)48-32-45-40-21-9-7-19-38(40)39-20-8-10-22-41(39)46(45)33-52(48)55/h4-17,19-34,36H,3,18H2,1-2H3/b54-44+,56-53?. The van der Waals surface area contributed by atoms with Crippen LogP contribution in [-0.2, 0) is 5.41 Å². The van der Waals surface area contributed by atoms with Crippen LogP contribution in [0.5, 0.6) is 0 Å². The zero-order valence-electron chi connectivity index (χ0n) is 31.8. The highest BCUT2D eigenvalue weighted by Crippen LogP contribution is 2.63. The molecule has 0 saturated heterocycles. The summed E-state index contributed by atoms with van der Waals surface area (Å²) in [6, 6.07) is 48.0. The van der Waals surface area contributed by atoms with E-state index in [0.717, 1.165) is 23.4 Å². The summed E-state index contributed by atoms with van der Waals surface area (Å²) in [5, 5.41) is 7.80. The van der Waals surface area contributed by atoms with Crippen molar-refractivity contribution in [1.29, 1.82) is 0 Å². The fourth-order valence-electron chi connectivity index (χ4n) is 10.5. The SMILES string of the molecule is C=C(N=C1C=CC=C/C1=C(/C(C)C)C1C=CC=CC1)c1ccc2c(c1)-c1ccccc1C21c2ccccc2-c2cc3c4ccccc4c4ccccc4c3cc21. The molecule has 4 aliphatic carbocycles. The van der Waals surface area contributed by atoms with Gasteiger partial charge in [-0.3, -0.25) is 0 Å². The molecule has 0 radical (unpaired) electrons. The van der Waals surface area contributed by atoms with Crippen LogP contribution in [0.25, 0.3) is 60.3 Å². The zero-order chi connectivity index (χ0) is 37.5. The molecule has 0 aliphatic heterocycles. The maximum absolute atomic E-state index is 5.30. The number of benzene rings is 7. The van der Waals surface area contributed by atoms with Gasteiger partial charge >= 0.3 is 0 Å². The van der Waals surface area contributed by atoms with Gasteiger partial charge in [-0.1, -0.05) is 178 Å². The lowest BCUT2D eigenvalue weighted by molar-refractivity contribution is 0.627. The minimum absolute atomic E-state index is 0.364. The second-order valence-electron chi connectivity index (χ2n) is 16.0. The quantitative estimate of drug-likeness (QED) is 0.161. The summed E-state index contributed by atoms with van der Waals surface area (Å²) in [7, 11) is 0. The third-order valence-corrected chi connectivity index (χ3v) is 12.8. The van der Waals surface area contributed by atoms with Crippen molar-refractivity contribution in [3.05, 3.63) is 222 Å². The summed E-state index contributed by atoms with van der Waals surface area (Å²) in [5.74, 6) is 0.753. The molecule has 7 aromatic rings. The van der Waals surface area contributed by atoms with E-state index in [2.05, 4.69) is 196 Å². The Bertz CT molecular complexity index is 3050. The Labute approximate surface area is 328 Å². The highest BCUT2D eigenvalue weighted by molar-refractivity contribution is 6.26. The van der Waals surface area contributed by atoms with E-state index in [4.69, 9.17) is 4.99 Å². The van der Waals surface area contributed by atoms with Gasteiger partial charge in [-0.25, -0.2) is 4.99 Å². The Morgan fingerprint density at radius 1 is 0.571 bits per heavy atom. The predicted octanol–water partition coefficient (Wildman–Crippen LogP) is 14.1. The number of aliphatic imine (C=N–C) groups is 1. The number of hydrogen-bond donors (Lipinski definition) is 0. The number of rotatable bonds is 4. The van der Waals surface area contributed by atoms with Crippen LogP contribution in [0.2, 0.25) is 0 Å². The Kier molecular flexibility index (Phi) is 7.32. The van der Waals surface area contributed by atoms with Gasteiger partial charge in [-0.15, -0.1) is 0 Å². The molecule has 4 aliphatic rings. The molecule has 2 atom stereocenters. The second-order valence-corrected chi connectivity index (χ2v) is 16.0. The first-order chi connectivity index (χ1) is 27.5. The van der Waals surface area contributed by atoms with Crippen LogP contribution in [0.1, 0.15) is 48.1 Å². The lowest BCUT2D eigenvalue weighted by atomic mass is 9.70.